The quantitative estimate of drug-likeness (QED) is 0.601. The highest BCUT2D eigenvalue weighted by Gasteiger charge is 1.88. The van der Waals surface area contributed by atoms with Gasteiger partial charge >= 0.3 is 0 Å². The van der Waals surface area contributed by atoms with Crippen molar-refractivity contribution in [2.75, 3.05) is 5.73 Å². The monoisotopic (exact) mass is 145 g/mol. The molecule has 0 amide bonds. The summed E-state index contributed by atoms with van der Waals surface area (Å²) in [5, 5.41) is 0.539. The van der Waals surface area contributed by atoms with Gasteiger partial charge in [-0.05, 0) is 6.92 Å². The molecule has 52 valence electrons. The van der Waals surface area contributed by atoms with Gasteiger partial charge in [-0.3, -0.25) is 0 Å². The SMILES string of the molecule is CC.Cc1nsc(N)n1. The zero-order chi connectivity index (χ0) is 7.28. The Morgan fingerprint density at radius 1 is 1.44 bits per heavy atom. The van der Waals surface area contributed by atoms with Gasteiger partial charge in [-0.25, -0.2) is 4.98 Å². The Morgan fingerprint density at radius 2 is 2.00 bits per heavy atom. The third-order valence-electron chi connectivity index (χ3n) is 0.543. The van der Waals surface area contributed by atoms with E-state index in [9.17, 15) is 0 Å². The highest BCUT2D eigenvalue weighted by molar-refractivity contribution is 7.09. The standard InChI is InChI=1S/C3H5N3S.C2H6/c1-2-5-3(4)7-6-2;1-2/h1H3,(H2,4,5,6);1-2H3. The summed E-state index contributed by atoms with van der Waals surface area (Å²) in [4.78, 5) is 3.80. The Bertz CT molecular complexity index is 144. The Hall–Kier alpha value is -0.640. The number of anilines is 1. The van der Waals surface area contributed by atoms with Gasteiger partial charge in [-0.1, -0.05) is 13.8 Å². The van der Waals surface area contributed by atoms with E-state index in [1.807, 2.05) is 20.8 Å². The molecule has 0 aliphatic heterocycles. The molecule has 1 aromatic heterocycles. The van der Waals surface area contributed by atoms with E-state index in [-0.39, 0.29) is 0 Å². The van der Waals surface area contributed by atoms with Gasteiger partial charge in [0, 0.05) is 11.5 Å². The first kappa shape index (κ1) is 8.36. The Labute approximate surface area is 59.1 Å². The minimum absolute atomic E-state index is 0.539. The fraction of sp³-hybridized carbons (Fsp3) is 0.600. The van der Waals surface area contributed by atoms with Crippen molar-refractivity contribution in [1.29, 1.82) is 0 Å². The van der Waals surface area contributed by atoms with Crippen LogP contribution in [0, 0.1) is 6.92 Å². The summed E-state index contributed by atoms with van der Waals surface area (Å²) >= 11 is 1.22. The van der Waals surface area contributed by atoms with E-state index < -0.39 is 0 Å². The molecule has 0 radical (unpaired) electrons. The van der Waals surface area contributed by atoms with Gasteiger partial charge in [-0.2, -0.15) is 4.37 Å². The lowest BCUT2D eigenvalue weighted by Crippen LogP contribution is -1.80. The molecule has 0 spiro atoms. The normalized spacial score (nSPS) is 7.89. The first-order valence-corrected chi connectivity index (χ1v) is 3.62. The third-order valence-corrected chi connectivity index (χ3v) is 1.18. The second-order valence-electron chi connectivity index (χ2n) is 1.18. The molecule has 0 saturated heterocycles. The van der Waals surface area contributed by atoms with Crippen LogP contribution in [0.1, 0.15) is 19.7 Å². The summed E-state index contributed by atoms with van der Waals surface area (Å²) in [6.45, 7) is 5.81. The number of nitrogen functional groups attached to an aromatic ring is 1. The van der Waals surface area contributed by atoms with Crippen LogP contribution < -0.4 is 5.73 Å². The molecular weight excluding hydrogens is 134 g/mol. The molecule has 0 atom stereocenters. The number of hydrogen-bond donors (Lipinski definition) is 1. The number of nitrogens with two attached hydrogens (primary N) is 1. The van der Waals surface area contributed by atoms with Crippen molar-refractivity contribution in [1.82, 2.24) is 9.36 Å². The predicted octanol–water partition coefficient (Wildman–Crippen LogP) is 1.45. The number of hydrogen-bond acceptors (Lipinski definition) is 4. The van der Waals surface area contributed by atoms with E-state index in [0.717, 1.165) is 5.82 Å². The van der Waals surface area contributed by atoms with Crippen LogP contribution in [0.2, 0.25) is 0 Å². The molecule has 0 bridgehead atoms. The lowest BCUT2D eigenvalue weighted by atomic mass is 10.8. The first-order chi connectivity index (χ1) is 4.29. The second-order valence-corrected chi connectivity index (χ2v) is 1.96. The number of aryl methyl sites for hydroxylation is 1. The molecular formula is C5H11N3S. The lowest BCUT2D eigenvalue weighted by molar-refractivity contribution is 1.17. The molecule has 9 heavy (non-hydrogen) atoms. The number of nitrogens with zero attached hydrogens (tertiary/aromatic N) is 2. The average Bonchev–Trinajstić information content (AvgIpc) is 2.20. The molecule has 3 nitrogen and oxygen atoms in total. The van der Waals surface area contributed by atoms with Gasteiger partial charge in [-0.15, -0.1) is 0 Å². The minimum atomic E-state index is 0.539. The molecule has 0 saturated carbocycles. The van der Waals surface area contributed by atoms with E-state index >= 15 is 0 Å². The maximum Gasteiger partial charge on any atom is 0.199 e. The summed E-state index contributed by atoms with van der Waals surface area (Å²) < 4.78 is 3.82. The molecule has 1 aromatic rings. The first-order valence-electron chi connectivity index (χ1n) is 2.85. The van der Waals surface area contributed by atoms with Gasteiger partial charge in [0.25, 0.3) is 0 Å². The molecule has 0 aromatic carbocycles. The maximum atomic E-state index is 5.22. The van der Waals surface area contributed by atoms with Crippen LogP contribution in [0.15, 0.2) is 0 Å². The highest BCUT2D eigenvalue weighted by Crippen LogP contribution is 2.02. The zero-order valence-electron chi connectivity index (χ0n) is 5.88. The van der Waals surface area contributed by atoms with Crippen molar-refractivity contribution in [3.05, 3.63) is 5.82 Å². The van der Waals surface area contributed by atoms with Crippen LogP contribution in [0.3, 0.4) is 0 Å². The van der Waals surface area contributed by atoms with Crippen molar-refractivity contribution in [3.8, 4) is 0 Å². The summed E-state index contributed by atoms with van der Waals surface area (Å²) in [7, 11) is 0. The second kappa shape index (κ2) is 4.26. The number of aromatic nitrogens is 2. The van der Waals surface area contributed by atoms with Crippen molar-refractivity contribution >= 4 is 16.7 Å². The maximum absolute atomic E-state index is 5.22. The van der Waals surface area contributed by atoms with Crippen LogP contribution in [0.25, 0.3) is 0 Å². The molecule has 1 heterocycles. The van der Waals surface area contributed by atoms with Gasteiger partial charge in [0.1, 0.15) is 5.82 Å². The molecule has 0 aliphatic carbocycles. The smallest absolute Gasteiger partial charge is 0.199 e. The van der Waals surface area contributed by atoms with E-state index in [2.05, 4.69) is 9.36 Å². The van der Waals surface area contributed by atoms with E-state index in [1.54, 1.807) is 0 Å². The van der Waals surface area contributed by atoms with Gasteiger partial charge in [0.05, 0.1) is 0 Å². The van der Waals surface area contributed by atoms with Crippen LogP contribution in [-0.2, 0) is 0 Å². The summed E-state index contributed by atoms with van der Waals surface area (Å²) in [5.41, 5.74) is 5.22. The molecule has 0 aliphatic rings. The highest BCUT2D eigenvalue weighted by atomic mass is 32.1. The zero-order valence-corrected chi connectivity index (χ0v) is 6.70. The topological polar surface area (TPSA) is 51.8 Å². The van der Waals surface area contributed by atoms with Crippen LogP contribution in [0.4, 0.5) is 5.13 Å². The lowest BCUT2D eigenvalue weighted by Gasteiger charge is -1.68. The van der Waals surface area contributed by atoms with Crippen molar-refractivity contribution in [2.24, 2.45) is 0 Å². The summed E-state index contributed by atoms with van der Waals surface area (Å²) in [5.74, 6) is 0.752. The van der Waals surface area contributed by atoms with Crippen LogP contribution >= 0.6 is 11.5 Å². The van der Waals surface area contributed by atoms with E-state index in [4.69, 9.17) is 5.73 Å². The van der Waals surface area contributed by atoms with E-state index in [1.165, 1.54) is 11.5 Å². The molecule has 0 fully saturated rings. The molecule has 1 rings (SSSR count). The van der Waals surface area contributed by atoms with Crippen molar-refractivity contribution in [2.45, 2.75) is 20.8 Å². The van der Waals surface area contributed by atoms with Gasteiger partial charge in [0.2, 0.25) is 0 Å². The molecule has 2 N–H and O–H groups in total. The number of rotatable bonds is 0. The predicted molar refractivity (Wildman–Crippen MR) is 40.4 cm³/mol. The largest absolute Gasteiger partial charge is 0.374 e. The van der Waals surface area contributed by atoms with Crippen LogP contribution in [-0.4, -0.2) is 9.36 Å². The van der Waals surface area contributed by atoms with Gasteiger partial charge < -0.3 is 5.73 Å². The third kappa shape index (κ3) is 3.03. The van der Waals surface area contributed by atoms with Crippen molar-refractivity contribution in [3.63, 3.8) is 0 Å². The van der Waals surface area contributed by atoms with Crippen LogP contribution in [0.5, 0.6) is 0 Å². The Morgan fingerprint density at radius 3 is 2.11 bits per heavy atom. The Kier molecular flexibility index (Phi) is 3.96. The average molecular weight is 145 g/mol. The fourth-order valence-electron chi connectivity index (χ4n) is 0.313. The molecule has 4 heteroatoms. The molecule has 0 unspecified atom stereocenters. The summed E-state index contributed by atoms with van der Waals surface area (Å²) in [6, 6.07) is 0. The minimum Gasteiger partial charge on any atom is -0.374 e. The van der Waals surface area contributed by atoms with Gasteiger partial charge in [0.15, 0.2) is 5.13 Å². The fourth-order valence-corrected chi connectivity index (χ4v) is 0.753. The summed E-state index contributed by atoms with van der Waals surface area (Å²) in [6.07, 6.45) is 0. The Balaban J connectivity index is 0.000000291. The van der Waals surface area contributed by atoms with Crippen molar-refractivity contribution < 1.29 is 0 Å². The van der Waals surface area contributed by atoms with E-state index in [0.29, 0.717) is 5.13 Å².